The van der Waals surface area contributed by atoms with Gasteiger partial charge in [-0.15, -0.1) is 0 Å². The lowest BCUT2D eigenvalue weighted by atomic mass is 10.8. The van der Waals surface area contributed by atoms with E-state index < -0.39 is 0 Å². The van der Waals surface area contributed by atoms with Gasteiger partial charge in [-0.3, -0.25) is 9.68 Å². The van der Waals surface area contributed by atoms with Crippen LogP contribution in [0.5, 0.6) is 0 Å². The van der Waals surface area contributed by atoms with Gasteiger partial charge in [-0.1, -0.05) is 5.23 Å². The molecule has 0 unspecified atom stereocenters. The van der Waals surface area contributed by atoms with Crippen molar-refractivity contribution in [2.75, 3.05) is 51.3 Å². The van der Waals surface area contributed by atoms with Crippen LogP contribution in [0.2, 0.25) is 0 Å². The summed E-state index contributed by atoms with van der Waals surface area (Å²) in [6.45, 7) is 0. The number of hydroxylamine groups is 1. The van der Waals surface area contributed by atoms with E-state index in [1.807, 2.05) is 0 Å². The zero-order valence-corrected chi connectivity index (χ0v) is 10.9. The minimum Gasteiger partial charge on any atom is -0.277 e. The first kappa shape index (κ1) is 14.3. The summed E-state index contributed by atoms with van der Waals surface area (Å²) in [4.78, 5) is 31.7. The maximum Gasteiger partial charge on any atom is 0.284 e. The third-order valence-electron chi connectivity index (χ3n) is 1.86. The molecule has 1 heterocycles. The summed E-state index contributed by atoms with van der Waals surface area (Å²) >= 11 is 0. The van der Waals surface area contributed by atoms with Gasteiger partial charge < -0.3 is 0 Å². The summed E-state index contributed by atoms with van der Waals surface area (Å²) in [6, 6.07) is 0. The second-order valence-electron chi connectivity index (χ2n) is 2.87. The minimum atomic E-state index is 0.133. The van der Waals surface area contributed by atoms with Gasteiger partial charge in [-0.25, -0.2) is 20.2 Å². The van der Waals surface area contributed by atoms with Gasteiger partial charge >= 0.3 is 0 Å². The molecular formula is C8H16N6O4. The normalized spacial score (nSPS) is 10.3. The lowest BCUT2D eigenvalue weighted by Gasteiger charge is -2.19. The van der Waals surface area contributed by atoms with Crippen molar-refractivity contribution in [2.45, 2.75) is 0 Å². The van der Waals surface area contributed by atoms with Crippen LogP contribution in [-0.2, 0) is 19.4 Å². The van der Waals surface area contributed by atoms with E-state index in [1.165, 1.54) is 33.5 Å². The molecule has 0 aromatic carbocycles. The number of nitrogens with one attached hydrogen (secondary N) is 1. The Morgan fingerprint density at radius 2 is 1.50 bits per heavy atom. The van der Waals surface area contributed by atoms with E-state index in [9.17, 15) is 0 Å². The third-order valence-corrected chi connectivity index (χ3v) is 1.86. The highest BCUT2D eigenvalue weighted by molar-refractivity contribution is 5.40. The molecule has 0 aliphatic heterocycles. The molecule has 1 aromatic rings. The number of hydrogen-bond acceptors (Lipinski definition) is 10. The van der Waals surface area contributed by atoms with Crippen LogP contribution in [0.1, 0.15) is 0 Å². The number of anilines is 3. The molecule has 0 amide bonds. The quantitative estimate of drug-likeness (QED) is 0.662. The van der Waals surface area contributed by atoms with E-state index in [2.05, 4.69) is 20.4 Å². The topological polar surface area (TPSA) is 94.1 Å². The zero-order chi connectivity index (χ0) is 13.5. The van der Waals surface area contributed by atoms with Crippen molar-refractivity contribution in [3.8, 4) is 0 Å². The van der Waals surface area contributed by atoms with Crippen LogP contribution in [0.25, 0.3) is 0 Å². The van der Waals surface area contributed by atoms with Gasteiger partial charge in [0.15, 0.2) is 0 Å². The summed E-state index contributed by atoms with van der Waals surface area (Å²) in [6.07, 6.45) is 0. The van der Waals surface area contributed by atoms with Crippen LogP contribution < -0.4 is 15.8 Å². The second kappa shape index (κ2) is 6.86. The number of rotatable bonds is 7. The van der Waals surface area contributed by atoms with Crippen molar-refractivity contribution >= 4 is 17.8 Å². The summed E-state index contributed by atoms with van der Waals surface area (Å²) in [5.74, 6) is 0.565. The van der Waals surface area contributed by atoms with Crippen molar-refractivity contribution in [1.82, 2.24) is 15.0 Å². The Balaban J connectivity index is 3.12. The van der Waals surface area contributed by atoms with Crippen molar-refractivity contribution in [2.24, 2.45) is 0 Å². The highest BCUT2D eigenvalue weighted by Crippen LogP contribution is 2.15. The Bertz CT molecular complexity index is 375. The summed E-state index contributed by atoms with van der Waals surface area (Å²) in [5, 5.41) is 2.35. The van der Waals surface area contributed by atoms with Crippen LogP contribution in [0.15, 0.2) is 0 Å². The fourth-order valence-corrected chi connectivity index (χ4v) is 1.03. The smallest absolute Gasteiger partial charge is 0.277 e. The molecule has 0 bridgehead atoms. The van der Waals surface area contributed by atoms with Crippen molar-refractivity contribution < 1.29 is 19.4 Å². The molecule has 0 atom stereocenters. The first-order chi connectivity index (χ1) is 8.65. The SMILES string of the molecule is CONc1nc(N(C)OC)nc(N(OC)OC)n1. The molecule has 102 valence electrons. The zero-order valence-electron chi connectivity index (χ0n) is 10.9. The fourth-order valence-electron chi connectivity index (χ4n) is 1.03. The number of hydrogen-bond donors (Lipinski definition) is 1. The van der Waals surface area contributed by atoms with Gasteiger partial charge in [0.2, 0.25) is 0 Å². The molecule has 1 N–H and O–H groups in total. The lowest BCUT2D eigenvalue weighted by molar-refractivity contribution is -0.0472. The van der Waals surface area contributed by atoms with E-state index in [-0.39, 0.29) is 17.8 Å². The average Bonchev–Trinajstić information content (AvgIpc) is 2.39. The predicted molar refractivity (Wildman–Crippen MR) is 62.4 cm³/mol. The van der Waals surface area contributed by atoms with Crippen LogP contribution >= 0.6 is 0 Å². The second-order valence-corrected chi connectivity index (χ2v) is 2.87. The molecular weight excluding hydrogens is 244 g/mol. The Labute approximate surface area is 104 Å². The molecule has 0 aliphatic carbocycles. The predicted octanol–water partition coefficient (Wildman–Crippen LogP) is -0.228. The standard InChI is InChI=1S/C8H16N6O4/c1-13(16-3)7-9-6(12-15-2)10-8(11-7)14(17-4)18-5/h1-5H3,(H,9,10,11,12). The highest BCUT2D eigenvalue weighted by atomic mass is 16.9. The van der Waals surface area contributed by atoms with E-state index in [0.717, 1.165) is 5.23 Å². The van der Waals surface area contributed by atoms with Gasteiger partial charge in [0, 0.05) is 7.05 Å². The lowest BCUT2D eigenvalue weighted by Crippen LogP contribution is -2.26. The Kier molecular flexibility index (Phi) is 5.45. The molecule has 0 aliphatic rings. The highest BCUT2D eigenvalue weighted by Gasteiger charge is 2.15. The van der Waals surface area contributed by atoms with E-state index in [1.54, 1.807) is 7.05 Å². The molecule has 0 saturated heterocycles. The van der Waals surface area contributed by atoms with Gasteiger partial charge in [0.25, 0.3) is 17.8 Å². The molecule has 1 aromatic heterocycles. The van der Waals surface area contributed by atoms with E-state index >= 15 is 0 Å². The molecule has 18 heavy (non-hydrogen) atoms. The van der Waals surface area contributed by atoms with Gasteiger partial charge in [-0.05, 0) is 0 Å². The Morgan fingerprint density at radius 3 is 2.00 bits per heavy atom. The average molecular weight is 260 g/mol. The molecule has 0 fully saturated rings. The maximum atomic E-state index is 4.98. The van der Waals surface area contributed by atoms with Gasteiger partial charge in [0.1, 0.15) is 0 Å². The van der Waals surface area contributed by atoms with E-state index in [4.69, 9.17) is 19.4 Å². The molecule has 0 saturated carbocycles. The molecule has 0 spiro atoms. The summed E-state index contributed by atoms with van der Waals surface area (Å²) < 4.78 is 0. The van der Waals surface area contributed by atoms with Gasteiger partial charge in [0.05, 0.1) is 28.4 Å². The minimum absolute atomic E-state index is 0.133. The first-order valence-electron chi connectivity index (χ1n) is 4.87. The molecule has 10 nitrogen and oxygen atoms in total. The maximum absolute atomic E-state index is 4.98. The van der Waals surface area contributed by atoms with Crippen molar-refractivity contribution in [3.63, 3.8) is 0 Å². The van der Waals surface area contributed by atoms with Crippen LogP contribution in [0.3, 0.4) is 0 Å². The third kappa shape index (κ3) is 3.37. The molecule has 0 radical (unpaired) electrons. The van der Waals surface area contributed by atoms with Gasteiger partial charge in [-0.2, -0.15) is 15.0 Å². The fraction of sp³-hybridized carbons (Fsp3) is 0.625. The Morgan fingerprint density at radius 1 is 0.889 bits per heavy atom. The molecule has 1 rings (SSSR count). The number of nitrogens with zero attached hydrogens (tertiary/aromatic N) is 5. The van der Waals surface area contributed by atoms with Crippen LogP contribution in [0.4, 0.5) is 17.8 Å². The largest absolute Gasteiger partial charge is 0.284 e. The Hall–Kier alpha value is -1.75. The molecule has 10 heteroatoms. The van der Waals surface area contributed by atoms with Crippen LogP contribution in [-0.4, -0.2) is 50.4 Å². The van der Waals surface area contributed by atoms with E-state index in [0.29, 0.717) is 0 Å². The van der Waals surface area contributed by atoms with Crippen LogP contribution in [0, 0.1) is 0 Å². The van der Waals surface area contributed by atoms with Crippen molar-refractivity contribution in [3.05, 3.63) is 0 Å². The number of aromatic nitrogens is 3. The monoisotopic (exact) mass is 260 g/mol. The summed E-state index contributed by atoms with van der Waals surface area (Å²) in [7, 11) is 7.39. The first-order valence-corrected chi connectivity index (χ1v) is 4.87. The van der Waals surface area contributed by atoms with Crippen molar-refractivity contribution in [1.29, 1.82) is 0 Å². The summed E-state index contributed by atoms with van der Waals surface area (Å²) in [5.41, 5.74) is 2.49.